The highest BCUT2D eigenvalue weighted by molar-refractivity contribution is 7.92. The summed E-state index contributed by atoms with van der Waals surface area (Å²) < 4.78 is 43.9. The monoisotopic (exact) mass is 511 g/mol. The van der Waals surface area contributed by atoms with Crippen LogP contribution in [0.3, 0.4) is 0 Å². The molecule has 0 heterocycles. The van der Waals surface area contributed by atoms with E-state index in [1.165, 1.54) is 35.7 Å². The summed E-state index contributed by atoms with van der Waals surface area (Å²) in [6.45, 7) is 1.74. The zero-order valence-corrected chi connectivity index (χ0v) is 21.1. The van der Waals surface area contributed by atoms with Gasteiger partial charge in [-0.3, -0.25) is 4.31 Å². The Bertz CT molecular complexity index is 1260. The molecule has 0 amide bonds. The molecule has 0 N–H and O–H groups in total. The van der Waals surface area contributed by atoms with E-state index in [4.69, 9.17) is 14.2 Å². The van der Waals surface area contributed by atoms with Crippen LogP contribution in [0.1, 0.15) is 35.7 Å². The van der Waals surface area contributed by atoms with Gasteiger partial charge in [0, 0.05) is 0 Å². The molecule has 0 radical (unpaired) electrons. The molecule has 3 aromatic rings. The first-order chi connectivity index (χ1) is 17.3. The Morgan fingerprint density at radius 2 is 1.61 bits per heavy atom. The number of carbonyl (C=O) groups is 2. The number of hydrogen-bond donors (Lipinski definition) is 0. The highest BCUT2D eigenvalue weighted by Crippen LogP contribution is 2.28. The van der Waals surface area contributed by atoms with Gasteiger partial charge in [0.15, 0.2) is 6.61 Å². The third kappa shape index (κ3) is 7.08. The Labute approximate surface area is 211 Å². The minimum Gasteiger partial charge on any atom is -0.497 e. The van der Waals surface area contributed by atoms with Crippen LogP contribution in [0.25, 0.3) is 0 Å². The highest BCUT2D eigenvalue weighted by atomic mass is 32.2. The summed E-state index contributed by atoms with van der Waals surface area (Å²) >= 11 is 0. The molecule has 0 aromatic heterocycles. The predicted molar refractivity (Wildman–Crippen MR) is 135 cm³/mol. The maximum atomic E-state index is 13.7. The number of sulfonamides is 1. The van der Waals surface area contributed by atoms with Gasteiger partial charge in [-0.1, -0.05) is 49.7 Å². The fourth-order valence-corrected chi connectivity index (χ4v) is 4.80. The van der Waals surface area contributed by atoms with E-state index in [1.807, 2.05) is 37.3 Å². The van der Waals surface area contributed by atoms with Gasteiger partial charge in [-0.15, -0.1) is 0 Å². The molecule has 8 nitrogen and oxygen atoms in total. The lowest BCUT2D eigenvalue weighted by atomic mass is 10.2. The summed E-state index contributed by atoms with van der Waals surface area (Å²) in [6, 6.07) is 21.4. The fourth-order valence-electron chi connectivity index (χ4n) is 3.30. The number of methoxy groups -OCH3 is 1. The number of carbonyl (C=O) groups excluding carboxylic acids is 2. The molecular weight excluding hydrogens is 482 g/mol. The Balaban J connectivity index is 1.85. The van der Waals surface area contributed by atoms with E-state index >= 15 is 0 Å². The lowest BCUT2D eigenvalue weighted by molar-refractivity contribution is -0.147. The smallest absolute Gasteiger partial charge is 0.344 e. The second-order valence-electron chi connectivity index (χ2n) is 7.87. The summed E-state index contributed by atoms with van der Waals surface area (Å²) in [5.74, 6) is -0.888. The van der Waals surface area contributed by atoms with E-state index in [9.17, 15) is 18.0 Å². The number of esters is 2. The number of unbranched alkanes of at least 4 members (excludes halogenated alkanes) is 1. The zero-order valence-electron chi connectivity index (χ0n) is 20.3. The minimum atomic E-state index is -4.08. The van der Waals surface area contributed by atoms with Crippen molar-refractivity contribution in [3.05, 3.63) is 90.0 Å². The van der Waals surface area contributed by atoms with E-state index < -0.39 is 28.6 Å². The van der Waals surface area contributed by atoms with E-state index in [1.54, 1.807) is 24.3 Å². The Hall–Kier alpha value is -3.85. The van der Waals surface area contributed by atoms with Crippen molar-refractivity contribution in [1.29, 1.82) is 0 Å². The van der Waals surface area contributed by atoms with Crippen LogP contribution in [0.4, 0.5) is 5.69 Å². The Kier molecular flexibility index (Phi) is 9.46. The van der Waals surface area contributed by atoms with Crippen LogP contribution in [-0.4, -0.2) is 40.7 Å². The molecule has 0 unspecified atom stereocenters. The number of nitrogens with zero attached hydrogens (tertiary/aromatic N) is 1. The second-order valence-corrected chi connectivity index (χ2v) is 9.74. The average Bonchev–Trinajstić information content (AvgIpc) is 2.91. The molecular formula is C27H29NO7S. The van der Waals surface area contributed by atoms with Crippen molar-refractivity contribution in [3.8, 4) is 5.75 Å². The predicted octanol–water partition coefficient (Wildman–Crippen LogP) is 4.59. The summed E-state index contributed by atoms with van der Waals surface area (Å²) in [4.78, 5) is 24.2. The lowest BCUT2D eigenvalue weighted by Crippen LogP contribution is -2.30. The van der Waals surface area contributed by atoms with Crippen LogP contribution in [-0.2, 0) is 30.8 Å². The van der Waals surface area contributed by atoms with Crippen LogP contribution in [0, 0.1) is 0 Å². The fraction of sp³-hybridized carbons (Fsp3) is 0.259. The Morgan fingerprint density at radius 3 is 2.28 bits per heavy atom. The molecule has 190 valence electrons. The maximum absolute atomic E-state index is 13.7. The third-order valence-electron chi connectivity index (χ3n) is 5.27. The third-order valence-corrected chi connectivity index (χ3v) is 7.04. The molecule has 0 saturated heterocycles. The molecule has 0 fully saturated rings. The van der Waals surface area contributed by atoms with Gasteiger partial charge in [-0.2, -0.15) is 0 Å². The second kappa shape index (κ2) is 12.7. The first kappa shape index (κ1) is 26.7. The highest BCUT2D eigenvalue weighted by Gasteiger charge is 2.26. The quantitative estimate of drug-likeness (QED) is 0.259. The zero-order chi connectivity index (χ0) is 26.0. The molecule has 0 bridgehead atoms. The molecule has 3 aromatic carbocycles. The van der Waals surface area contributed by atoms with E-state index in [-0.39, 0.29) is 23.6 Å². The number of hydrogen-bond acceptors (Lipinski definition) is 7. The molecule has 0 aliphatic carbocycles. The SMILES string of the molecule is CCCCOC(=O)COC(=O)c1cccc(S(=O)(=O)N(Cc2ccccc2)c2ccc(OC)cc2)c1. The Morgan fingerprint density at radius 1 is 0.889 bits per heavy atom. The lowest BCUT2D eigenvalue weighted by Gasteiger charge is -2.25. The average molecular weight is 512 g/mol. The van der Waals surface area contributed by atoms with E-state index in [0.717, 1.165) is 12.0 Å². The largest absolute Gasteiger partial charge is 0.497 e. The van der Waals surface area contributed by atoms with Gasteiger partial charge in [0.1, 0.15) is 5.75 Å². The molecule has 9 heteroatoms. The number of benzene rings is 3. The van der Waals surface area contributed by atoms with Crippen LogP contribution in [0.15, 0.2) is 83.8 Å². The van der Waals surface area contributed by atoms with Gasteiger partial charge < -0.3 is 14.2 Å². The molecule has 0 aliphatic heterocycles. The van der Waals surface area contributed by atoms with E-state index in [2.05, 4.69) is 0 Å². The summed E-state index contributed by atoms with van der Waals surface area (Å²) in [5.41, 5.74) is 1.23. The summed E-state index contributed by atoms with van der Waals surface area (Å²) in [6.07, 6.45) is 1.58. The van der Waals surface area contributed by atoms with Crippen LogP contribution in [0.5, 0.6) is 5.75 Å². The van der Waals surface area contributed by atoms with Crippen molar-refractivity contribution >= 4 is 27.6 Å². The standard InChI is InChI=1S/C27H29NO7S/c1-3-4-17-34-26(29)20-35-27(30)22-11-8-12-25(18-22)36(31,32)28(19-21-9-6-5-7-10-21)23-13-15-24(33-2)16-14-23/h5-16,18H,3-4,17,19-20H2,1-2H3. The molecule has 3 rings (SSSR count). The van der Waals surface area contributed by atoms with Crippen molar-refractivity contribution < 1.29 is 32.2 Å². The normalized spacial score (nSPS) is 10.9. The van der Waals surface area contributed by atoms with Gasteiger partial charge in [0.05, 0.1) is 36.4 Å². The topological polar surface area (TPSA) is 99.2 Å². The minimum absolute atomic E-state index is 0.00632. The van der Waals surface area contributed by atoms with Crippen LogP contribution < -0.4 is 9.04 Å². The molecule has 0 atom stereocenters. The molecule has 0 spiro atoms. The van der Waals surface area contributed by atoms with Gasteiger partial charge in [-0.05, 0) is 54.4 Å². The van der Waals surface area contributed by atoms with Gasteiger partial charge in [-0.25, -0.2) is 18.0 Å². The molecule has 36 heavy (non-hydrogen) atoms. The first-order valence-electron chi connectivity index (χ1n) is 11.5. The van der Waals surface area contributed by atoms with Crippen molar-refractivity contribution in [2.75, 3.05) is 24.6 Å². The van der Waals surface area contributed by atoms with Crippen molar-refractivity contribution in [2.24, 2.45) is 0 Å². The van der Waals surface area contributed by atoms with Crippen LogP contribution >= 0.6 is 0 Å². The van der Waals surface area contributed by atoms with Crippen LogP contribution in [0.2, 0.25) is 0 Å². The first-order valence-corrected chi connectivity index (χ1v) is 12.9. The summed E-state index contributed by atoms with van der Waals surface area (Å²) in [5, 5.41) is 0. The van der Waals surface area contributed by atoms with Gasteiger partial charge in [0.2, 0.25) is 0 Å². The molecule has 0 aliphatic rings. The van der Waals surface area contributed by atoms with Crippen molar-refractivity contribution in [1.82, 2.24) is 0 Å². The number of ether oxygens (including phenoxy) is 3. The van der Waals surface area contributed by atoms with Gasteiger partial charge in [0.25, 0.3) is 10.0 Å². The van der Waals surface area contributed by atoms with E-state index in [0.29, 0.717) is 17.9 Å². The van der Waals surface area contributed by atoms with Crippen molar-refractivity contribution in [2.45, 2.75) is 31.2 Å². The van der Waals surface area contributed by atoms with Gasteiger partial charge >= 0.3 is 11.9 Å². The number of anilines is 1. The molecule has 0 saturated carbocycles. The van der Waals surface area contributed by atoms with Crippen molar-refractivity contribution in [3.63, 3.8) is 0 Å². The maximum Gasteiger partial charge on any atom is 0.344 e. The summed E-state index contributed by atoms with van der Waals surface area (Å²) in [7, 11) is -2.55. The number of rotatable bonds is 12.